The van der Waals surface area contributed by atoms with Crippen LogP contribution in [0.1, 0.15) is 174 Å². The number of nitrogens with one attached hydrogen (secondary N) is 1. The average Bonchev–Trinajstić information content (AvgIpc) is 2.95. The van der Waals surface area contributed by atoms with Crippen molar-refractivity contribution < 1.29 is 14.3 Å². The van der Waals surface area contributed by atoms with Crippen LogP contribution in [0.15, 0.2) is 24.3 Å². The monoisotopic (exact) mass is 557 g/mol. The standard InChI is InChI=1S/C36H63NO3/c1-3-5-7-9-11-13-15-17-19-21-23-25-35(38)37-32-31-33-27-29-34(30-28-33)40-36(39)26-24-22-20-18-16-14-12-10-8-6-4-2/h27-30H,3-26,31-32H2,1-2H3,(H,37,38). The topological polar surface area (TPSA) is 55.4 Å². The number of amides is 1. The lowest BCUT2D eigenvalue weighted by Gasteiger charge is -2.08. The first kappa shape index (κ1) is 36.2. The molecule has 0 bridgehead atoms. The van der Waals surface area contributed by atoms with E-state index in [-0.39, 0.29) is 11.9 Å². The van der Waals surface area contributed by atoms with Gasteiger partial charge in [0.15, 0.2) is 0 Å². The molecule has 4 nitrogen and oxygen atoms in total. The summed E-state index contributed by atoms with van der Waals surface area (Å²) in [6, 6.07) is 7.70. The van der Waals surface area contributed by atoms with E-state index >= 15 is 0 Å². The molecule has 0 aliphatic heterocycles. The first-order valence-electron chi connectivity index (χ1n) is 17.2. The van der Waals surface area contributed by atoms with E-state index in [1.807, 2.05) is 24.3 Å². The second-order valence-corrected chi connectivity index (χ2v) is 11.8. The summed E-state index contributed by atoms with van der Waals surface area (Å²) in [5.74, 6) is 0.625. The van der Waals surface area contributed by atoms with E-state index in [0.29, 0.717) is 25.1 Å². The highest BCUT2D eigenvalue weighted by atomic mass is 16.5. The highest BCUT2D eigenvalue weighted by Crippen LogP contribution is 2.16. The summed E-state index contributed by atoms with van der Waals surface area (Å²) in [6.45, 7) is 5.17. The van der Waals surface area contributed by atoms with Crippen molar-refractivity contribution in [3.05, 3.63) is 29.8 Å². The molecule has 0 radical (unpaired) electrons. The Morgan fingerprint density at radius 3 is 1.40 bits per heavy atom. The first-order chi connectivity index (χ1) is 19.7. The molecule has 40 heavy (non-hydrogen) atoms. The second kappa shape index (κ2) is 27.3. The van der Waals surface area contributed by atoms with Gasteiger partial charge >= 0.3 is 5.97 Å². The highest BCUT2D eigenvalue weighted by Gasteiger charge is 2.06. The Labute approximate surface area is 247 Å². The third-order valence-corrected chi connectivity index (χ3v) is 7.88. The van der Waals surface area contributed by atoms with Crippen LogP contribution in [0.5, 0.6) is 5.75 Å². The molecule has 1 amide bonds. The molecule has 1 aromatic carbocycles. The predicted molar refractivity (Wildman–Crippen MR) is 171 cm³/mol. The molecule has 0 heterocycles. The fraction of sp³-hybridized carbons (Fsp3) is 0.778. The molecular weight excluding hydrogens is 494 g/mol. The van der Waals surface area contributed by atoms with Crippen LogP contribution >= 0.6 is 0 Å². The summed E-state index contributed by atoms with van der Waals surface area (Å²) in [4.78, 5) is 24.3. The van der Waals surface area contributed by atoms with E-state index in [9.17, 15) is 9.59 Å². The molecule has 1 aromatic rings. The van der Waals surface area contributed by atoms with Crippen LogP contribution in [0.4, 0.5) is 0 Å². The van der Waals surface area contributed by atoms with Gasteiger partial charge in [0.1, 0.15) is 5.75 Å². The molecule has 4 heteroatoms. The zero-order valence-corrected chi connectivity index (χ0v) is 26.4. The minimum atomic E-state index is -0.140. The Balaban J connectivity index is 1.97. The van der Waals surface area contributed by atoms with Crippen molar-refractivity contribution in [1.29, 1.82) is 0 Å². The number of ether oxygens (including phenoxy) is 1. The van der Waals surface area contributed by atoms with Gasteiger partial charge in [-0.1, -0.05) is 154 Å². The van der Waals surface area contributed by atoms with Crippen molar-refractivity contribution in [1.82, 2.24) is 5.32 Å². The number of benzene rings is 1. The molecule has 1 N–H and O–H groups in total. The predicted octanol–water partition coefficient (Wildman–Crippen LogP) is 10.7. The van der Waals surface area contributed by atoms with Crippen LogP contribution < -0.4 is 10.1 Å². The fourth-order valence-electron chi connectivity index (χ4n) is 5.22. The Morgan fingerprint density at radius 2 is 0.950 bits per heavy atom. The molecule has 0 saturated carbocycles. The quantitative estimate of drug-likeness (QED) is 0.0633. The van der Waals surface area contributed by atoms with Gasteiger partial charge in [0, 0.05) is 19.4 Å². The number of unbranched alkanes of at least 4 members (excludes halogenated alkanes) is 20. The minimum Gasteiger partial charge on any atom is -0.427 e. The molecule has 0 spiro atoms. The third-order valence-electron chi connectivity index (χ3n) is 7.88. The first-order valence-corrected chi connectivity index (χ1v) is 17.2. The lowest BCUT2D eigenvalue weighted by molar-refractivity contribution is -0.134. The van der Waals surface area contributed by atoms with E-state index in [1.165, 1.54) is 116 Å². The van der Waals surface area contributed by atoms with Gasteiger partial charge in [-0.15, -0.1) is 0 Å². The Bertz CT molecular complexity index is 715. The highest BCUT2D eigenvalue weighted by molar-refractivity contribution is 5.75. The molecule has 0 unspecified atom stereocenters. The fourth-order valence-corrected chi connectivity index (χ4v) is 5.22. The summed E-state index contributed by atoms with van der Waals surface area (Å²) >= 11 is 0. The lowest BCUT2D eigenvalue weighted by Crippen LogP contribution is -2.25. The van der Waals surface area contributed by atoms with E-state index in [2.05, 4.69) is 19.2 Å². The van der Waals surface area contributed by atoms with Crippen molar-refractivity contribution in [2.45, 2.75) is 174 Å². The third kappa shape index (κ3) is 22.9. The van der Waals surface area contributed by atoms with E-state index in [0.717, 1.165) is 37.7 Å². The Kier molecular flexibility index (Phi) is 24.7. The second-order valence-electron chi connectivity index (χ2n) is 11.8. The van der Waals surface area contributed by atoms with E-state index in [1.54, 1.807) is 0 Å². The van der Waals surface area contributed by atoms with Crippen LogP contribution in [0.2, 0.25) is 0 Å². The maximum absolute atomic E-state index is 12.2. The number of carbonyl (C=O) groups is 2. The van der Waals surface area contributed by atoms with Gasteiger partial charge in [0.05, 0.1) is 0 Å². The SMILES string of the molecule is CCCCCCCCCCCCCC(=O)NCCc1ccc(OC(=O)CCCCCCCCCCCCC)cc1. The zero-order chi connectivity index (χ0) is 28.9. The minimum absolute atomic E-state index is 0.140. The summed E-state index contributed by atoms with van der Waals surface area (Å²) in [7, 11) is 0. The van der Waals surface area contributed by atoms with Crippen LogP contribution in [0, 0.1) is 0 Å². The molecule has 0 fully saturated rings. The molecule has 1 rings (SSSR count). The zero-order valence-electron chi connectivity index (χ0n) is 26.4. The van der Waals surface area contributed by atoms with Gasteiger partial charge in [-0.05, 0) is 37.0 Å². The number of hydrogen-bond acceptors (Lipinski definition) is 3. The molecule has 0 aliphatic carbocycles. The normalized spacial score (nSPS) is 11.1. The summed E-state index contributed by atoms with van der Waals surface area (Å²) in [5, 5.41) is 3.04. The van der Waals surface area contributed by atoms with Crippen molar-refractivity contribution in [2.75, 3.05) is 6.54 Å². The van der Waals surface area contributed by atoms with Gasteiger partial charge in [0.2, 0.25) is 5.91 Å². The number of carbonyl (C=O) groups excluding carboxylic acids is 2. The maximum Gasteiger partial charge on any atom is 0.311 e. The van der Waals surface area contributed by atoms with Gasteiger partial charge < -0.3 is 10.1 Å². The van der Waals surface area contributed by atoms with Gasteiger partial charge in [0.25, 0.3) is 0 Å². The Morgan fingerprint density at radius 1 is 0.550 bits per heavy atom. The van der Waals surface area contributed by atoms with Crippen molar-refractivity contribution in [3.63, 3.8) is 0 Å². The summed E-state index contributed by atoms with van der Waals surface area (Å²) < 4.78 is 5.50. The van der Waals surface area contributed by atoms with Gasteiger partial charge in [-0.3, -0.25) is 9.59 Å². The molecule has 0 saturated heterocycles. The summed E-state index contributed by atoms with van der Waals surface area (Å²) in [5.41, 5.74) is 1.14. The number of hydrogen-bond donors (Lipinski definition) is 1. The molecule has 0 aromatic heterocycles. The van der Waals surface area contributed by atoms with Crippen LogP contribution in [0.25, 0.3) is 0 Å². The number of rotatable bonds is 28. The van der Waals surface area contributed by atoms with Gasteiger partial charge in [-0.25, -0.2) is 0 Å². The number of esters is 1. The van der Waals surface area contributed by atoms with Gasteiger partial charge in [-0.2, -0.15) is 0 Å². The molecule has 230 valence electrons. The lowest BCUT2D eigenvalue weighted by atomic mass is 10.1. The van der Waals surface area contributed by atoms with E-state index < -0.39 is 0 Å². The maximum atomic E-state index is 12.2. The van der Waals surface area contributed by atoms with Crippen LogP contribution in [0.3, 0.4) is 0 Å². The van der Waals surface area contributed by atoms with Crippen molar-refractivity contribution in [3.8, 4) is 5.75 Å². The largest absolute Gasteiger partial charge is 0.427 e. The molecule has 0 aliphatic rings. The Hall–Kier alpha value is -1.84. The molecular formula is C36H63NO3. The van der Waals surface area contributed by atoms with Crippen molar-refractivity contribution in [2.24, 2.45) is 0 Å². The van der Waals surface area contributed by atoms with Crippen LogP contribution in [-0.4, -0.2) is 18.4 Å². The molecule has 0 atom stereocenters. The summed E-state index contributed by atoms with van der Waals surface area (Å²) in [6.07, 6.45) is 30.2. The van der Waals surface area contributed by atoms with Crippen molar-refractivity contribution >= 4 is 11.9 Å². The van der Waals surface area contributed by atoms with Crippen LogP contribution in [-0.2, 0) is 16.0 Å². The smallest absolute Gasteiger partial charge is 0.311 e. The average molecular weight is 558 g/mol. The van der Waals surface area contributed by atoms with E-state index in [4.69, 9.17) is 4.74 Å².